The fourth-order valence-corrected chi connectivity index (χ4v) is 2.25. The van der Waals surface area contributed by atoms with Crippen LogP contribution in [0.4, 0.5) is 0 Å². The van der Waals surface area contributed by atoms with Crippen molar-refractivity contribution in [2.45, 2.75) is 17.7 Å². The number of amides is 1. The summed E-state index contributed by atoms with van der Waals surface area (Å²) in [5.74, 6) is -0.119. The molecule has 0 fully saturated rings. The SMILES string of the molecule is COCCCCNC(=O)c1cc(S(N)(=O)=O)ccc1OC. The number of primary sulfonamides is 1. The van der Waals surface area contributed by atoms with E-state index in [4.69, 9.17) is 14.6 Å². The van der Waals surface area contributed by atoms with Crippen LogP contribution in [-0.2, 0) is 14.8 Å². The van der Waals surface area contributed by atoms with E-state index in [0.29, 0.717) is 13.2 Å². The highest BCUT2D eigenvalue weighted by molar-refractivity contribution is 7.89. The van der Waals surface area contributed by atoms with Crippen LogP contribution in [0, 0.1) is 0 Å². The smallest absolute Gasteiger partial charge is 0.255 e. The van der Waals surface area contributed by atoms with Crippen molar-refractivity contribution in [3.05, 3.63) is 23.8 Å². The topological polar surface area (TPSA) is 108 Å². The second kappa shape index (κ2) is 7.96. The number of hydrogen-bond donors (Lipinski definition) is 2. The van der Waals surface area contributed by atoms with Crippen molar-refractivity contribution in [1.29, 1.82) is 0 Å². The Morgan fingerprint density at radius 3 is 2.57 bits per heavy atom. The molecule has 0 atom stereocenters. The van der Waals surface area contributed by atoms with Gasteiger partial charge >= 0.3 is 0 Å². The molecule has 0 radical (unpaired) electrons. The van der Waals surface area contributed by atoms with Crippen LogP contribution in [0.2, 0.25) is 0 Å². The summed E-state index contributed by atoms with van der Waals surface area (Å²) in [6.07, 6.45) is 1.59. The number of nitrogens with two attached hydrogens (primary N) is 1. The third-order valence-corrected chi connectivity index (χ3v) is 3.72. The van der Waals surface area contributed by atoms with Gasteiger partial charge in [-0.05, 0) is 31.0 Å². The summed E-state index contributed by atoms with van der Waals surface area (Å²) in [4.78, 5) is 11.9. The van der Waals surface area contributed by atoms with E-state index in [9.17, 15) is 13.2 Å². The lowest BCUT2D eigenvalue weighted by Crippen LogP contribution is -2.25. The Labute approximate surface area is 124 Å². The Hall–Kier alpha value is -1.64. The van der Waals surface area contributed by atoms with Gasteiger partial charge in [-0.1, -0.05) is 0 Å². The van der Waals surface area contributed by atoms with E-state index in [2.05, 4.69) is 5.32 Å². The van der Waals surface area contributed by atoms with Gasteiger partial charge in [0.05, 0.1) is 17.6 Å². The van der Waals surface area contributed by atoms with Gasteiger partial charge in [0.15, 0.2) is 0 Å². The second-order valence-corrected chi connectivity index (χ2v) is 5.92. The summed E-state index contributed by atoms with van der Waals surface area (Å²) in [7, 11) is -0.851. The van der Waals surface area contributed by atoms with E-state index in [0.717, 1.165) is 12.8 Å². The van der Waals surface area contributed by atoms with Crippen LogP contribution in [0.1, 0.15) is 23.2 Å². The maximum atomic E-state index is 12.1. The van der Waals surface area contributed by atoms with Gasteiger partial charge in [0.2, 0.25) is 10.0 Å². The number of benzene rings is 1. The highest BCUT2D eigenvalue weighted by Gasteiger charge is 2.16. The van der Waals surface area contributed by atoms with Crippen molar-refractivity contribution in [2.75, 3.05) is 27.4 Å². The molecule has 0 bridgehead atoms. The maximum Gasteiger partial charge on any atom is 0.255 e. The molecule has 21 heavy (non-hydrogen) atoms. The number of carbonyl (C=O) groups is 1. The molecular formula is C13H20N2O5S. The number of unbranched alkanes of at least 4 members (excludes halogenated alkanes) is 1. The molecule has 1 aromatic carbocycles. The molecule has 0 aliphatic heterocycles. The Morgan fingerprint density at radius 1 is 1.29 bits per heavy atom. The average Bonchev–Trinajstić information content (AvgIpc) is 2.45. The Balaban J connectivity index is 2.82. The van der Waals surface area contributed by atoms with Crippen LogP contribution in [0.15, 0.2) is 23.1 Å². The fourth-order valence-electron chi connectivity index (χ4n) is 1.71. The summed E-state index contributed by atoms with van der Waals surface area (Å²) in [6, 6.07) is 3.90. The zero-order valence-corrected chi connectivity index (χ0v) is 12.9. The van der Waals surface area contributed by atoms with E-state index in [-0.39, 0.29) is 16.2 Å². The summed E-state index contributed by atoms with van der Waals surface area (Å²) in [5, 5.41) is 7.76. The quantitative estimate of drug-likeness (QED) is 0.679. The van der Waals surface area contributed by atoms with E-state index >= 15 is 0 Å². The Bertz CT molecular complexity index is 586. The van der Waals surface area contributed by atoms with E-state index in [1.165, 1.54) is 25.3 Å². The molecule has 1 amide bonds. The molecule has 3 N–H and O–H groups in total. The minimum absolute atomic E-state index is 0.132. The number of carbonyl (C=O) groups excluding carboxylic acids is 1. The number of methoxy groups -OCH3 is 2. The molecule has 7 nitrogen and oxygen atoms in total. The minimum Gasteiger partial charge on any atom is -0.496 e. The molecule has 0 aromatic heterocycles. The lowest BCUT2D eigenvalue weighted by Gasteiger charge is -2.10. The molecule has 118 valence electrons. The lowest BCUT2D eigenvalue weighted by molar-refractivity contribution is 0.0948. The summed E-state index contributed by atoms with van der Waals surface area (Å²) in [5.41, 5.74) is 0.135. The van der Waals surface area contributed by atoms with Crippen LogP contribution < -0.4 is 15.2 Å². The van der Waals surface area contributed by atoms with E-state index in [1.807, 2.05) is 0 Å². The third kappa shape index (κ3) is 5.33. The van der Waals surface area contributed by atoms with Gasteiger partial charge in [0.25, 0.3) is 5.91 Å². The molecule has 0 unspecified atom stereocenters. The lowest BCUT2D eigenvalue weighted by atomic mass is 10.2. The van der Waals surface area contributed by atoms with Crippen LogP contribution in [-0.4, -0.2) is 41.7 Å². The molecule has 1 rings (SSSR count). The second-order valence-electron chi connectivity index (χ2n) is 4.36. The van der Waals surface area contributed by atoms with Gasteiger partial charge in [-0.25, -0.2) is 13.6 Å². The van der Waals surface area contributed by atoms with Crippen LogP contribution in [0.25, 0.3) is 0 Å². The van der Waals surface area contributed by atoms with Crippen molar-refractivity contribution in [3.63, 3.8) is 0 Å². The zero-order valence-electron chi connectivity index (χ0n) is 12.1. The van der Waals surface area contributed by atoms with Crippen LogP contribution in [0.3, 0.4) is 0 Å². The van der Waals surface area contributed by atoms with Crippen molar-refractivity contribution in [2.24, 2.45) is 5.14 Å². The number of rotatable bonds is 8. The summed E-state index contributed by atoms with van der Waals surface area (Å²) in [6.45, 7) is 1.09. The van der Waals surface area contributed by atoms with Gasteiger partial charge in [-0.15, -0.1) is 0 Å². The van der Waals surface area contributed by atoms with Crippen molar-refractivity contribution in [1.82, 2.24) is 5.32 Å². The highest BCUT2D eigenvalue weighted by atomic mass is 32.2. The number of hydrogen-bond acceptors (Lipinski definition) is 5. The van der Waals surface area contributed by atoms with E-state index < -0.39 is 15.9 Å². The van der Waals surface area contributed by atoms with E-state index in [1.54, 1.807) is 7.11 Å². The van der Waals surface area contributed by atoms with Gasteiger partial charge in [0, 0.05) is 20.3 Å². The van der Waals surface area contributed by atoms with Gasteiger partial charge in [0.1, 0.15) is 5.75 Å². The van der Waals surface area contributed by atoms with Crippen molar-refractivity contribution in [3.8, 4) is 5.75 Å². The first-order valence-corrected chi connectivity index (χ1v) is 7.92. The molecule has 0 saturated carbocycles. The predicted octanol–water partition coefficient (Wildman–Crippen LogP) is 0.499. The van der Waals surface area contributed by atoms with Crippen LogP contribution >= 0.6 is 0 Å². The first-order valence-electron chi connectivity index (χ1n) is 6.38. The first-order chi connectivity index (χ1) is 9.90. The monoisotopic (exact) mass is 316 g/mol. The first kappa shape index (κ1) is 17.4. The predicted molar refractivity (Wildman–Crippen MR) is 77.8 cm³/mol. The van der Waals surface area contributed by atoms with Crippen molar-refractivity contribution >= 4 is 15.9 Å². The molecular weight excluding hydrogens is 296 g/mol. The Kier molecular flexibility index (Phi) is 6.60. The number of sulfonamides is 1. The molecule has 1 aromatic rings. The maximum absolute atomic E-state index is 12.1. The Morgan fingerprint density at radius 2 is 2.00 bits per heavy atom. The summed E-state index contributed by atoms with van der Waals surface area (Å²) < 4.78 is 32.6. The molecule has 0 aliphatic carbocycles. The van der Waals surface area contributed by atoms with Gasteiger partial charge < -0.3 is 14.8 Å². The number of ether oxygens (including phenoxy) is 2. The van der Waals surface area contributed by atoms with Crippen LogP contribution in [0.5, 0.6) is 5.75 Å². The zero-order chi connectivity index (χ0) is 15.9. The van der Waals surface area contributed by atoms with Gasteiger partial charge in [-0.3, -0.25) is 4.79 Å². The normalized spacial score (nSPS) is 11.2. The molecule has 0 saturated heterocycles. The highest BCUT2D eigenvalue weighted by Crippen LogP contribution is 2.21. The number of nitrogens with one attached hydrogen (secondary N) is 1. The van der Waals surface area contributed by atoms with Crippen molar-refractivity contribution < 1.29 is 22.7 Å². The molecule has 0 spiro atoms. The average molecular weight is 316 g/mol. The standard InChI is InChI=1S/C13H20N2O5S/c1-19-8-4-3-7-15-13(16)11-9-10(21(14,17)18)5-6-12(11)20-2/h5-6,9H,3-4,7-8H2,1-2H3,(H,15,16)(H2,14,17,18). The molecule has 8 heteroatoms. The largest absolute Gasteiger partial charge is 0.496 e. The van der Waals surface area contributed by atoms with Gasteiger partial charge in [-0.2, -0.15) is 0 Å². The molecule has 0 aliphatic rings. The summed E-state index contributed by atoms with van der Waals surface area (Å²) >= 11 is 0. The third-order valence-electron chi connectivity index (χ3n) is 2.80. The minimum atomic E-state index is -3.87. The fraction of sp³-hybridized carbons (Fsp3) is 0.462. The molecule has 0 heterocycles.